The number of hydrogen-bond donors (Lipinski definition) is 1. The fourth-order valence-electron chi connectivity index (χ4n) is 2.76. The molecule has 0 aliphatic carbocycles. The molecule has 0 radical (unpaired) electrons. The molecule has 0 saturated carbocycles. The Hall–Kier alpha value is -1.20. The molecular formula is C16H28N4O. The number of nitrogens with zero attached hydrogens (tertiary/aromatic N) is 3. The van der Waals surface area contributed by atoms with E-state index in [0.717, 1.165) is 43.6 Å². The van der Waals surface area contributed by atoms with Crippen LogP contribution < -0.4 is 10.2 Å². The third-order valence-electron chi connectivity index (χ3n) is 3.95. The van der Waals surface area contributed by atoms with Crippen molar-refractivity contribution in [2.45, 2.75) is 45.6 Å². The zero-order valence-corrected chi connectivity index (χ0v) is 13.7. The maximum atomic E-state index is 5.08. The lowest BCUT2D eigenvalue weighted by atomic mass is 10.1. The molecule has 2 heterocycles. The SMILES string of the molecule is COCCNCC1CCCN1c1nc(C)cc(C(C)C)n1. The Morgan fingerprint density at radius 3 is 2.95 bits per heavy atom. The fraction of sp³-hybridized carbons (Fsp3) is 0.750. The van der Waals surface area contributed by atoms with E-state index in [9.17, 15) is 0 Å². The average molecular weight is 292 g/mol. The summed E-state index contributed by atoms with van der Waals surface area (Å²) in [4.78, 5) is 11.8. The molecule has 0 bridgehead atoms. The first kappa shape index (κ1) is 16.2. The van der Waals surface area contributed by atoms with Crippen molar-refractivity contribution in [1.29, 1.82) is 0 Å². The molecule has 2 rings (SSSR count). The van der Waals surface area contributed by atoms with Gasteiger partial charge in [0.2, 0.25) is 5.95 Å². The van der Waals surface area contributed by atoms with Gasteiger partial charge in [-0.2, -0.15) is 0 Å². The van der Waals surface area contributed by atoms with Crippen LogP contribution in [0.1, 0.15) is 44.0 Å². The second-order valence-corrected chi connectivity index (χ2v) is 6.08. The maximum absolute atomic E-state index is 5.08. The highest BCUT2D eigenvalue weighted by Gasteiger charge is 2.26. The van der Waals surface area contributed by atoms with Crippen LogP contribution in [-0.4, -0.2) is 49.4 Å². The van der Waals surface area contributed by atoms with Crippen LogP contribution in [0.2, 0.25) is 0 Å². The zero-order chi connectivity index (χ0) is 15.2. The molecule has 0 aromatic carbocycles. The van der Waals surface area contributed by atoms with Gasteiger partial charge >= 0.3 is 0 Å². The van der Waals surface area contributed by atoms with Crippen LogP contribution in [0.5, 0.6) is 0 Å². The summed E-state index contributed by atoms with van der Waals surface area (Å²) >= 11 is 0. The molecule has 1 aliphatic rings. The van der Waals surface area contributed by atoms with Gasteiger partial charge in [0, 0.05) is 44.2 Å². The normalized spacial score (nSPS) is 18.7. The third kappa shape index (κ3) is 4.38. The smallest absolute Gasteiger partial charge is 0.226 e. The second kappa shape index (κ2) is 7.71. The van der Waals surface area contributed by atoms with Crippen LogP contribution in [-0.2, 0) is 4.74 Å². The summed E-state index contributed by atoms with van der Waals surface area (Å²) in [6.07, 6.45) is 2.42. The minimum absolute atomic E-state index is 0.436. The van der Waals surface area contributed by atoms with Crippen LogP contribution in [0.25, 0.3) is 0 Å². The van der Waals surface area contributed by atoms with Gasteiger partial charge in [-0.25, -0.2) is 9.97 Å². The topological polar surface area (TPSA) is 50.3 Å². The summed E-state index contributed by atoms with van der Waals surface area (Å²) < 4.78 is 5.08. The van der Waals surface area contributed by atoms with E-state index in [1.165, 1.54) is 12.8 Å². The molecule has 1 N–H and O–H groups in total. The van der Waals surface area contributed by atoms with Crippen LogP contribution in [0.15, 0.2) is 6.07 Å². The quantitative estimate of drug-likeness (QED) is 0.780. The van der Waals surface area contributed by atoms with Crippen LogP contribution in [0.3, 0.4) is 0 Å². The molecule has 1 unspecified atom stereocenters. The number of anilines is 1. The predicted octanol–water partition coefficient (Wildman–Crippen LogP) is 2.11. The van der Waals surface area contributed by atoms with E-state index in [0.29, 0.717) is 12.0 Å². The lowest BCUT2D eigenvalue weighted by molar-refractivity contribution is 0.199. The van der Waals surface area contributed by atoms with Crippen LogP contribution in [0, 0.1) is 6.92 Å². The highest BCUT2D eigenvalue weighted by atomic mass is 16.5. The van der Waals surface area contributed by atoms with E-state index in [1.807, 2.05) is 0 Å². The monoisotopic (exact) mass is 292 g/mol. The molecule has 1 atom stereocenters. The summed E-state index contributed by atoms with van der Waals surface area (Å²) in [7, 11) is 1.73. The van der Waals surface area contributed by atoms with E-state index in [2.05, 4.69) is 42.0 Å². The van der Waals surface area contributed by atoms with Crippen molar-refractivity contribution in [3.63, 3.8) is 0 Å². The number of aryl methyl sites for hydroxylation is 1. The Labute approximate surface area is 128 Å². The highest BCUT2D eigenvalue weighted by Crippen LogP contribution is 2.24. The van der Waals surface area contributed by atoms with E-state index in [1.54, 1.807) is 7.11 Å². The van der Waals surface area contributed by atoms with Gasteiger partial charge in [0.15, 0.2) is 0 Å². The zero-order valence-electron chi connectivity index (χ0n) is 13.7. The average Bonchev–Trinajstić information content (AvgIpc) is 2.91. The first-order chi connectivity index (χ1) is 10.1. The van der Waals surface area contributed by atoms with Gasteiger partial charge in [-0.1, -0.05) is 13.8 Å². The molecule has 21 heavy (non-hydrogen) atoms. The number of aromatic nitrogens is 2. The van der Waals surface area contributed by atoms with Crippen molar-refractivity contribution in [3.8, 4) is 0 Å². The van der Waals surface area contributed by atoms with E-state index in [4.69, 9.17) is 9.72 Å². The van der Waals surface area contributed by atoms with Crippen molar-refractivity contribution >= 4 is 5.95 Å². The van der Waals surface area contributed by atoms with Gasteiger partial charge in [-0.15, -0.1) is 0 Å². The summed E-state index contributed by atoms with van der Waals surface area (Å²) in [6.45, 7) is 10.1. The Morgan fingerprint density at radius 1 is 1.43 bits per heavy atom. The van der Waals surface area contributed by atoms with Crippen molar-refractivity contribution in [2.75, 3.05) is 38.3 Å². The molecule has 1 saturated heterocycles. The molecule has 0 spiro atoms. The molecule has 1 fully saturated rings. The first-order valence-electron chi connectivity index (χ1n) is 7.93. The molecule has 5 heteroatoms. The highest BCUT2D eigenvalue weighted by molar-refractivity contribution is 5.36. The Kier molecular flexibility index (Phi) is 5.94. The van der Waals surface area contributed by atoms with Gasteiger partial charge in [0.05, 0.1) is 6.61 Å². The van der Waals surface area contributed by atoms with Crippen molar-refractivity contribution in [1.82, 2.24) is 15.3 Å². The lowest BCUT2D eigenvalue weighted by Crippen LogP contribution is -2.40. The molecule has 5 nitrogen and oxygen atoms in total. The summed E-state index contributed by atoms with van der Waals surface area (Å²) in [6, 6.07) is 2.58. The van der Waals surface area contributed by atoms with Gasteiger partial charge in [0.1, 0.15) is 0 Å². The Balaban J connectivity index is 2.05. The predicted molar refractivity (Wildman–Crippen MR) is 86.0 cm³/mol. The van der Waals surface area contributed by atoms with Gasteiger partial charge in [0.25, 0.3) is 0 Å². The standard InChI is InChI=1S/C16H28N4O/c1-12(2)15-10-13(3)18-16(19-15)20-8-5-6-14(20)11-17-7-9-21-4/h10,12,14,17H,5-9,11H2,1-4H3. The van der Waals surface area contributed by atoms with Crippen molar-refractivity contribution in [3.05, 3.63) is 17.5 Å². The van der Waals surface area contributed by atoms with E-state index >= 15 is 0 Å². The van der Waals surface area contributed by atoms with E-state index < -0.39 is 0 Å². The summed E-state index contributed by atoms with van der Waals surface area (Å²) in [5, 5.41) is 3.46. The van der Waals surface area contributed by atoms with Gasteiger partial charge in [-0.3, -0.25) is 0 Å². The lowest BCUT2D eigenvalue weighted by Gasteiger charge is -2.26. The maximum Gasteiger partial charge on any atom is 0.226 e. The third-order valence-corrected chi connectivity index (χ3v) is 3.95. The Bertz CT molecular complexity index is 450. The van der Waals surface area contributed by atoms with Gasteiger partial charge in [-0.05, 0) is 31.7 Å². The number of rotatable bonds is 7. The number of nitrogens with one attached hydrogen (secondary N) is 1. The minimum Gasteiger partial charge on any atom is -0.383 e. The molecule has 1 aromatic heterocycles. The molecule has 118 valence electrons. The van der Waals surface area contributed by atoms with Gasteiger partial charge < -0.3 is 15.0 Å². The van der Waals surface area contributed by atoms with Crippen LogP contribution in [0.4, 0.5) is 5.95 Å². The second-order valence-electron chi connectivity index (χ2n) is 6.08. The van der Waals surface area contributed by atoms with Crippen LogP contribution >= 0.6 is 0 Å². The van der Waals surface area contributed by atoms with Crippen molar-refractivity contribution in [2.24, 2.45) is 0 Å². The summed E-state index contributed by atoms with van der Waals surface area (Å²) in [5.74, 6) is 1.33. The van der Waals surface area contributed by atoms with Crippen molar-refractivity contribution < 1.29 is 4.74 Å². The summed E-state index contributed by atoms with van der Waals surface area (Å²) in [5.41, 5.74) is 2.19. The van der Waals surface area contributed by atoms with E-state index in [-0.39, 0.29) is 0 Å². The molecular weight excluding hydrogens is 264 g/mol. The minimum atomic E-state index is 0.436. The molecule has 1 aromatic rings. The Morgan fingerprint density at radius 2 is 2.24 bits per heavy atom. The largest absolute Gasteiger partial charge is 0.383 e. The number of ether oxygens (including phenoxy) is 1. The fourth-order valence-corrected chi connectivity index (χ4v) is 2.76. The molecule has 0 amide bonds. The number of methoxy groups -OCH3 is 1. The molecule has 1 aliphatic heterocycles. The number of hydrogen-bond acceptors (Lipinski definition) is 5. The first-order valence-corrected chi connectivity index (χ1v) is 7.93.